The summed E-state index contributed by atoms with van der Waals surface area (Å²) in [5.41, 5.74) is -2.23. The lowest BCUT2D eigenvalue weighted by Gasteiger charge is -2.37. The van der Waals surface area contributed by atoms with Gasteiger partial charge in [0.05, 0.1) is 16.8 Å². The Bertz CT molecular complexity index is 572. The summed E-state index contributed by atoms with van der Waals surface area (Å²) in [6, 6.07) is 6.32. The number of hydrogen-bond donors (Lipinski definition) is 2. The predicted molar refractivity (Wildman–Crippen MR) is 67.9 cm³/mol. The first kappa shape index (κ1) is 13.5. The minimum atomic E-state index is -3.51. The molecular formula is C13H18O4S. The van der Waals surface area contributed by atoms with Crippen LogP contribution >= 0.6 is 0 Å². The second kappa shape index (κ2) is 3.79. The van der Waals surface area contributed by atoms with E-state index in [9.17, 15) is 18.6 Å². The van der Waals surface area contributed by atoms with Crippen molar-refractivity contribution < 1.29 is 18.6 Å². The van der Waals surface area contributed by atoms with Crippen LogP contribution in [0.2, 0.25) is 0 Å². The van der Waals surface area contributed by atoms with Crippen molar-refractivity contribution in [3.05, 3.63) is 29.8 Å². The fourth-order valence-corrected chi connectivity index (χ4v) is 4.90. The maximum absolute atomic E-state index is 12.3. The van der Waals surface area contributed by atoms with Gasteiger partial charge in [0.2, 0.25) is 0 Å². The molecule has 0 spiro atoms. The van der Waals surface area contributed by atoms with Crippen LogP contribution < -0.4 is 0 Å². The number of benzene rings is 1. The second-order valence-electron chi connectivity index (χ2n) is 5.79. The maximum atomic E-state index is 12.3. The number of sulfone groups is 1. The molecule has 1 aromatic rings. The zero-order chi connectivity index (χ0) is 13.8. The van der Waals surface area contributed by atoms with Crippen molar-refractivity contribution in [3.63, 3.8) is 0 Å². The highest BCUT2D eigenvalue weighted by Gasteiger charge is 2.49. The molecule has 0 radical (unpaired) electrons. The van der Waals surface area contributed by atoms with E-state index >= 15 is 0 Å². The van der Waals surface area contributed by atoms with E-state index in [1.54, 1.807) is 32.0 Å². The molecule has 1 heterocycles. The lowest BCUT2D eigenvalue weighted by molar-refractivity contribution is -0.114. The van der Waals surface area contributed by atoms with Crippen molar-refractivity contribution in [2.75, 3.05) is 5.75 Å². The Labute approximate surface area is 107 Å². The highest BCUT2D eigenvalue weighted by Crippen LogP contribution is 2.43. The Kier molecular flexibility index (Phi) is 2.85. The van der Waals surface area contributed by atoms with Gasteiger partial charge in [-0.3, -0.25) is 0 Å². The van der Waals surface area contributed by atoms with Crippen molar-refractivity contribution in [2.45, 2.75) is 37.4 Å². The quantitative estimate of drug-likeness (QED) is 0.739. The van der Waals surface area contributed by atoms with E-state index in [-0.39, 0.29) is 16.2 Å². The van der Waals surface area contributed by atoms with Crippen molar-refractivity contribution in [2.24, 2.45) is 5.41 Å². The monoisotopic (exact) mass is 270 g/mol. The summed E-state index contributed by atoms with van der Waals surface area (Å²) in [5.74, 6) is -0.186. The molecule has 1 aliphatic rings. The molecule has 0 saturated heterocycles. The highest BCUT2D eigenvalue weighted by atomic mass is 32.2. The van der Waals surface area contributed by atoms with Gasteiger partial charge in [-0.25, -0.2) is 8.42 Å². The number of fused-ring (bicyclic) bond motifs is 1. The van der Waals surface area contributed by atoms with Crippen LogP contribution in [0.1, 0.15) is 26.3 Å². The lowest BCUT2D eigenvalue weighted by atomic mass is 9.76. The van der Waals surface area contributed by atoms with Crippen LogP contribution in [0.5, 0.6) is 0 Å². The van der Waals surface area contributed by atoms with E-state index in [1.807, 2.05) is 0 Å². The van der Waals surface area contributed by atoms with Crippen LogP contribution in [0.15, 0.2) is 29.2 Å². The lowest BCUT2D eigenvalue weighted by Crippen LogP contribution is -2.46. The van der Waals surface area contributed by atoms with Gasteiger partial charge in [0, 0.05) is 11.0 Å². The van der Waals surface area contributed by atoms with E-state index in [2.05, 4.69) is 0 Å². The average Bonchev–Trinajstić information content (AvgIpc) is 2.29. The zero-order valence-electron chi connectivity index (χ0n) is 10.7. The summed E-state index contributed by atoms with van der Waals surface area (Å²) in [5, 5.41) is 20.8. The van der Waals surface area contributed by atoms with Gasteiger partial charge >= 0.3 is 0 Å². The Morgan fingerprint density at radius 3 is 2.39 bits per heavy atom. The van der Waals surface area contributed by atoms with E-state index < -0.39 is 27.0 Å². The normalized spacial score (nSPS) is 33.5. The fraction of sp³-hybridized carbons (Fsp3) is 0.538. The van der Waals surface area contributed by atoms with Crippen LogP contribution in [0.4, 0.5) is 0 Å². The van der Waals surface area contributed by atoms with Gasteiger partial charge in [-0.2, -0.15) is 0 Å². The fourth-order valence-electron chi connectivity index (χ4n) is 2.71. The summed E-state index contributed by atoms with van der Waals surface area (Å²) < 4.78 is 24.6. The average molecular weight is 270 g/mol. The van der Waals surface area contributed by atoms with Gasteiger partial charge in [0.15, 0.2) is 9.84 Å². The smallest absolute Gasteiger partial charge is 0.179 e. The molecule has 5 heteroatoms. The Morgan fingerprint density at radius 2 is 1.78 bits per heavy atom. The molecule has 0 fully saturated rings. The number of aliphatic hydroxyl groups excluding tert-OH is 1. The van der Waals surface area contributed by atoms with E-state index in [0.29, 0.717) is 0 Å². The third-order valence-electron chi connectivity index (χ3n) is 3.60. The van der Waals surface area contributed by atoms with Crippen LogP contribution in [0, 0.1) is 5.41 Å². The number of hydrogen-bond acceptors (Lipinski definition) is 4. The SMILES string of the molecule is CC1(C)CS(=O)(=O)c2ccccc2C(C)(O)C1O. The van der Waals surface area contributed by atoms with Crippen LogP contribution in [0.25, 0.3) is 0 Å². The van der Waals surface area contributed by atoms with Gasteiger partial charge < -0.3 is 10.2 Å². The molecule has 0 saturated carbocycles. The molecule has 2 unspecified atom stereocenters. The second-order valence-corrected chi connectivity index (χ2v) is 7.75. The Balaban J connectivity index is 2.80. The van der Waals surface area contributed by atoms with Gasteiger partial charge in [-0.05, 0) is 13.0 Å². The predicted octanol–water partition coefficient (Wildman–Crippen LogP) is 1.07. The van der Waals surface area contributed by atoms with Crippen LogP contribution in [0.3, 0.4) is 0 Å². The van der Waals surface area contributed by atoms with Crippen LogP contribution in [-0.2, 0) is 15.4 Å². The first-order valence-corrected chi connectivity index (χ1v) is 7.47. The molecule has 0 aromatic heterocycles. The van der Waals surface area contributed by atoms with Gasteiger partial charge in [0.1, 0.15) is 5.60 Å². The molecule has 0 amide bonds. The van der Waals surface area contributed by atoms with E-state index in [4.69, 9.17) is 0 Å². The van der Waals surface area contributed by atoms with Crippen LogP contribution in [-0.4, -0.2) is 30.5 Å². The molecule has 1 aromatic carbocycles. The maximum Gasteiger partial charge on any atom is 0.179 e. The highest BCUT2D eigenvalue weighted by molar-refractivity contribution is 7.91. The van der Waals surface area contributed by atoms with Gasteiger partial charge in [-0.1, -0.05) is 32.0 Å². The molecule has 2 rings (SSSR count). The summed E-state index contributed by atoms with van der Waals surface area (Å²) in [7, 11) is -3.51. The molecule has 0 aliphatic carbocycles. The third-order valence-corrected chi connectivity index (χ3v) is 5.75. The van der Waals surface area contributed by atoms with Gasteiger partial charge in [-0.15, -0.1) is 0 Å². The van der Waals surface area contributed by atoms with Crippen molar-refractivity contribution in [1.29, 1.82) is 0 Å². The first-order chi connectivity index (χ1) is 8.09. The summed E-state index contributed by atoms with van der Waals surface area (Å²) in [6.45, 7) is 4.75. The van der Waals surface area contributed by atoms with Crippen molar-refractivity contribution in [1.82, 2.24) is 0 Å². The third kappa shape index (κ3) is 1.86. The largest absolute Gasteiger partial charge is 0.389 e. The molecule has 2 atom stereocenters. The molecule has 4 nitrogen and oxygen atoms in total. The topological polar surface area (TPSA) is 74.6 Å². The minimum absolute atomic E-state index is 0.111. The van der Waals surface area contributed by atoms with E-state index in [0.717, 1.165) is 0 Å². The van der Waals surface area contributed by atoms with Gasteiger partial charge in [0.25, 0.3) is 0 Å². The first-order valence-electron chi connectivity index (χ1n) is 5.82. The van der Waals surface area contributed by atoms with Crippen molar-refractivity contribution in [3.8, 4) is 0 Å². The molecule has 100 valence electrons. The summed E-state index contributed by atoms with van der Waals surface area (Å²) in [6.07, 6.45) is -1.15. The Hall–Kier alpha value is -0.910. The number of aliphatic hydroxyl groups is 2. The number of rotatable bonds is 0. The molecular weight excluding hydrogens is 252 g/mol. The zero-order valence-corrected chi connectivity index (χ0v) is 11.5. The molecule has 0 bridgehead atoms. The summed E-state index contributed by atoms with van der Waals surface area (Å²) >= 11 is 0. The minimum Gasteiger partial charge on any atom is -0.389 e. The van der Waals surface area contributed by atoms with E-state index in [1.165, 1.54) is 13.0 Å². The standard InChI is InChI=1S/C13H18O4S/c1-12(2)8-18(16,17)10-7-5-4-6-9(10)13(3,15)11(12)14/h4-7,11,14-15H,8H2,1-3H3. The van der Waals surface area contributed by atoms with Crippen molar-refractivity contribution >= 4 is 9.84 Å². The summed E-state index contributed by atoms with van der Waals surface area (Å²) in [4.78, 5) is 0.111. The molecule has 18 heavy (non-hydrogen) atoms. The molecule has 1 aliphatic heterocycles. The molecule has 2 N–H and O–H groups in total. The Morgan fingerprint density at radius 1 is 1.22 bits per heavy atom.